The van der Waals surface area contributed by atoms with Crippen LogP contribution in [0.25, 0.3) is 0 Å². The van der Waals surface area contributed by atoms with Crippen molar-refractivity contribution in [1.82, 2.24) is 9.62 Å². The minimum atomic E-state index is -3.85. The lowest BCUT2D eigenvalue weighted by Gasteiger charge is -2.30. The van der Waals surface area contributed by atoms with Crippen LogP contribution < -0.4 is 14.2 Å². The molecule has 2 aromatic rings. The predicted octanol–water partition coefficient (Wildman–Crippen LogP) is 3.62. The molecule has 168 valence electrons. The van der Waals surface area contributed by atoms with Gasteiger partial charge in [-0.2, -0.15) is 0 Å². The Balaban J connectivity index is 1.83. The standard InChI is InChI=1S/C23H30N2O5S/c1-16-11-13-25(14-12-16)23(26)21-15-20(9-10-22(21)30-4)31(27,28)24-17(2)18-5-7-19(29-3)8-6-18/h5-10,15-17,24H,11-14H2,1-4H3/t17-/m1/s1. The van der Waals surface area contributed by atoms with E-state index in [9.17, 15) is 13.2 Å². The van der Waals surface area contributed by atoms with Crippen LogP contribution in [0.15, 0.2) is 47.4 Å². The quantitative estimate of drug-likeness (QED) is 0.702. The normalized spacial score (nSPS) is 16.1. The van der Waals surface area contributed by atoms with Crippen LogP contribution in [-0.4, -0.2) is 46.5 Å². The van der Waals surface area contributed by atoms with Gasteiger partial charge in [0, 0.05) is 19.1 Å². The van der Waals surface area contributed by atoms with Crippen molar-refractivity contribution in [3.05, 3.63) is 53.6 Å². The molecule has 1 saturated heterocycles. The van der Waals surface area contributed by atoms with Gasteiger partial charge < -0.3 is 14.4 Å². The molecule has 1 aliphatic heterocycles. The molecule has 0 aliphatic carbocycles. The van der Waals surface area contributed by atoms with Crippen LogP contribution in [-0.2, 0) is 10.0 Å². The van der Waals surface area contributed by atoms with Crippen molar-refractivity contribution in [2.24, 2.45) is 5.92 Å². The number of piperidine rings is 1. The van der Waals surface area contributed by atoms with Crippen LogP contribution in [0.3, 0.4) is 0 Å². The SMILES string of the molecule is COc1ccc([C@@H](C)NS(=O)(=O)c2ccc(OC)c(C(=O)N3CCC(C)CC3)c2)cc1. The molecule has 1 atom stereocenters. The Hall–Kier alpha value is -2.58. The molecule has 2 aromatic carbocycles. The summed E-state index contributed by atoms with van der Waals surface area (Å²) in [6.45, 7) is 5.26. The molecule has 0 radical (unpaired) electrons. The minimum Gasteiger partial charge on any atom is -0.497 e. The van der Waals surface area contributed by atoms with E-state index in [2.05, 4.69) is 11.6 Å². The van der Waals surface area contributed by atoms with Gasteiger partial charge in [-0.1, -0.05) is 19.1 Å². The smallest absolute Gasteiger partial charge is 0.257 e. The van der Waals surface area contributed by atoms with Crippen molar-refractivity contribution >= 4 is 15.9 Å². The Bertz CT molecular complexity index is 1010. The number of methoxy groups -OCH3 is 2. The molecule has 1 amide bonds. The van der Waals surface area contributed by atoms with Gasteiger partial charge in [-0.3, -0.25) is 4.79 Å². The topological polar surface area (TPSA) is 84.9 Å². The maximum atomic E-state index is 13.1. The van der Waals surface area contributed by atoms with Crippen molar-refractivity contribution in [2.75, 3.05) is 27.3 Å². The molecule has 0 bridgehead atoms. The first-order valence-electron chi connectivity index (χ1n) is 10.4. The Morgan fingerprint density at radius 3 is 2.29 bits per heavy atom. The number of nitrogens with zero attached hydrogens (tertiary/aromatic N) is 1. The monoisotopic (exact) mass is 446 g/mol. The van der Waals surface area contributed by atoms with Gasteiger partial charge in [0.25, 0.3) is 5.91 Å². The molecule has 0 spiro atoms. The summed E-state index contributed by atoms with van der Waals surface area (Å²) >= 11 is 0. The molecule has 7 nitrogen and oxygen atoms in total. The zero-order valence-corrected chi connectivity index (χ0v) is 19.2. The number of rotatable bonds is 7. The first-order valence-corrected chi connectivity index (χ1v) is 11.9. The number of carbonyl (C=O) groups is 1. The van der Waals surface area contributed by atoms with Crippen molar-refractivity contribution in [3.63, 3.8) is 0 Å². The van der Waals surface area contributed by atoms with Gasteiger partial charge in [0.1, 0.15) is 11.5 Å². The number of hydrogen-bond acceptors (Lipinski definition) is 5. The maximum Gasteiger partial charge on any atom is 0.257 e. The van der Waals surface area contributed by atoms with E-state index < -0.39 is 16.1 Å². The molecule has 1 N–H and O–H groups in total. The predicted molar refractivity (Wildman–Crippen MR) is 119 cm³/mol. The fourth-order valence-corrected chi connectivity index (χ4v) is 4.92. The molecular weight excluding hydrogens is 416 g/mol. The van der Waals surface area contributed by atoms with Crippen LogP contribution in [0.5, 0.6) is 11.5 Å². The third-order valence-corrected chi connectivity index (χ3v) is 7.27. The van der Waals surface area contributed by atoms with E-state index in [-0.39, 0.29) is 16.4 Å². The summed E-state index contributed by atoms with van der Waals surface area (Å²) in [7, 11) is -0.799. The molecule has 1 aliphatic rings. The number of ether oxygens (including phenoxy) is 2. The second-order valence-electron chi connectivity index (χ2n) is 7.95. The fraction of sp³-hybridized carbons (Fsp3) is 0.435. The highest BCUT2D eigenvalue weighted by molar-refractivity contribution is 7.89. The van der Waals surface area contributed by atoms with E-state index in [0.717, 1.165) is 18.4 Å². The van der Waals surface area contributed by atoms with Crippen molar-refractivity contribution in [2.45, 2.75) is 37.6 Å². The van der Waals surface area contributed by atoms with Crippen LogP contribution >= 0.6 is 0 Å². The Labute approximate surface area is 184 Å². The van der Waals surface area contributed by atoms with Crippen LogP contribution in [0.2, 0.25) is 0 Å². The van der Waals surface area contributed by atoms with E-state index in [1.165, 1.54) is 25.3 Å². The summed E-state index contributed by atoms with van der Waals surface area (Å²) in [5, 5.41) is 0. The van der Waals surface area contributed by atoms with Gasteiger partial charge in [-0.25, -0.2) is 13.1 Å². The third kappa shape index (κ3) is 5.37. The van der Waals surface area contributed by atoms with Gasteiger partial charge in [-0.05, 0) is 61.6 Å². The average Bonchev–Trinajstić information content (AvgIpc) is 2.78. The first kappa shape index (κ1) is 23.1. The largest absolute Gasteiger partial charge is 0.497 e. The number of nitrogens with one attached hydrogen (secondary N) is 1. The lowest BCUT2D eigenvalue weighted by atomic mass is 9.98. The van der Waals surface area contributed by atoms with Gasteiger partial charge in [0.2, 0.25) is 10.0 Å². The van der Waals surface area contributed by atoms with Gasteiger partial charge >= 0.3 is 0 Å². The molecule has 31 heavy (non-hydrogen) atoms. The highest BCUT2D eigenvalue weighted by Crippen LogP contribution is 2.27. The number of amides is 1. The van der Waals surface area contributed by atoms with E-state index in [0.29, 0.717) is 30.5 Å². The molecule has 8 heteroatoms. The molecule has 0 unspecified atom stereocenters. The highest BCUT2D eigenvalue weighted by Gasteiger charge is 2.26. The maximum absolute atomic E-state index is 13.1. The van der Waals surface area contributed by atoms with E-state index >= 15 is 0 Å². The van der Waals surface area contributed by atoms with Crippen molar-refractivity contribution < 1.29 is 22.7 Å². The third-order valence-electron chi connectivity index (χ3n) is 5.73. The summed E-state index contributed by atoms with van der Waals surface area (Å²) in [6, 6.07) is 11.1. The molecule has 0 saturated carbocycles. The fourth-order valence-electron chi connectivity index (χ4n) is 3.66. The number of hydrogen-bond donors (Lipinski definition) is 1. The van der Waals surface area contributed by atoms with Crippen molar-refractivity contribution in [1.29, 1.82) is 0 Å². The lowest BCUT2D eigenvalue weighted by molar-refractivity contribution is 0.0693. The van der Waals surface area contributed by atoms with Gasteiger partial charge in [-0.15, -0.1) is 0 Å². The molecular formula is C23H30N2O5S. The number of benzene rings is 2. The zero-order chi connectivity index (χ0) is 22.6. The van der Waals surface area contributed by atoms with Crippen LogP contribution in [0.4, 0.5) is 0 Å². The number of carbonyl (C=O) groups excluding carboxylic acids is 1. The lowest BCUT2D eigenvalue weighted by Crippen LogP contribution is -2.38. The van der Waals surface area contributed by atoms with Crippen LogP contribution in [0.1, 0.15) is 48.7 Å². The second kappa shape index (κ2) is 9.70. The second-order valence-corrected chi connectivity index (χ2v) is 9.67. The summed E-state index contributed by atoms with van der Waals surface area (Å²) in [6.07, 6.45) is 1.87. The average molecular weight is 447 g/mol. The first-order chi connectivity index (χ1) is 14.7. The Morgan fingerprint density at radius 1 is 1.06 bits per heavy atom. The molecule has 1 fully saturated rings. The zero-order valence-electron chi connectivity index (χ0n) is 18.4. The van der Waals surface area contributed by atoms with E-state index in [1.807, 2.05) is 12.1 Å². The summed E-state index contributed by atoms with van der Waals surface area (Å²) in [5.41, 5.74) is 1.06. The summed E-state index contributed by atoms with van der Waals surface area (Å²) < 4.78 is 39.2. The van der Waals surface area contributed by atoms with E-state index in [1.54, 1.807) is 31.1 Å². The minimum absolute atomic E-state index is 0.0300. The van der Waals surface area contributed by atoms with Gasteiger partial charge in [0.15, 0.2) is 0 Å². The van der Waals surface area contributed by atoms with E-state index in [4.69, 9.17) is 9.47 Å². The van der Waals surface area contributed by atoms with Crippen LogP contribution in [0, 0.1) is 5.92 Å². The van der Waals surface area contributed by atoms with Crippen molar-refractivity contribution in [3.8, 4) is 11.5 Å². The summed E-state index contributed by atoms with van der Waals surface area (Å²) in [5.74, 6) is 1.44. The summed E-state index contributed by atoms with van der Waals surface area (Å²) in [4.78, 5) is 14.9. The Kier molecular flexibility index (Phi) is 7.23. The van der Waals surface area contributed by atoms with Gasteiger partial charge in [0.05, 0.1) is 24.7 Å². The molecule has 1 heterocycles. The number of sulfonamides is 1. The highest BCUT2D eigenvalue weighted by atomic mass is 32.2. The molecule has 3 rings (SSSR count). The number of likely N-dealkylation sites (tertiary alicyclic amines) is 1. The Morgan fingerprint density at radius 2 is 1.71 bits per heavy atom. The molecule has 0 aromatic heterocycles.